The Bertz CT molecular complexity index is 444. The lowest BCUT2D eigenvalue weighted by atomic mass is 9.85. The molecule has 6 nitrogen and oxygen atoms in total. The lowest BCUT2D eigenvalue weighted by molar-refractivity contribution is -0.384. The third-order valence-electron chi connectivity index (χ3n) is 3.59. The van der Waals surface area contributed by atoms with Crippen molar-refractivity contribution < 1.29 is 4.92 Å². The second kappa shape index (κ2) is 6.04. The Morgan fingerprint density at radius 3 is 2.26 bits per heavy atom. The smallest absolute Gasteiger partial charge is 0.333 e. The summed E-state index contributed by atoms with van der Waals surface area (Å²) in [7, 11) is 1.72. The summed E-state index contributed by atoms with van der Waals surface area (Å²) in [6.07, 6.45) is 0. The van der Waals surface area contributed by atoms with E-state index in [-0.39, 0.29) is 10.6 Å². The Hall–Kier alpha value is -1.59. The maximum Gasteiger partial charge on any atom is 0.333 e. The van der Waals surface area contributed by atoms with E-state index in [9.17, 15) is 10.1 Å². The molecular weight excluding hydrogens is 244 g/mol. The van der Waals surface area contributed by atoms with Gasteiger partial charge in [-0.1, -0.05) is 27.7 Å². The van der Waals surface area contributed by atoms with Gasteiger partial charge in [-0.2, -0.15) is 5.10 Å². The summed E-state index contributed by atoms with van der Waals surface area (Å²) < 4.78 is 1.55. The summed E-state index contributed by atoms with van der Waals surface area (Å²) in [4.78, 5) is 10.7. The number of nitro groups is 1. The van der Waals surface area contributed by atoms with E-state index in [4.69, 9.17) is 0 Å². The number of nitrogens with zero attached hydrogens (tertiary/aromatic N) is 3. The molecule has 0 radical (unpaired) electrons. The van der Waals surface area contributed by atoms with Crippen molar-refractivity contribution in [1.82, 2.24) is 9.78 Å². The lowest BCUT2D eigenvalue weighted by Crippen LogP contribution is -2.25. The second-order valence-corrected chi connectivity index (χ2v) is 5.70. The molecule has 0 spiro atoms. The predicted molar refractivity (Wildman–Crippen MR) is 76.3 cm³/mol. The van der Waals surface area contributed by atoms with Gasteiger partial charge in [0.2, 0.25) is 5.82 Å². The van der Waals surface area contributed by atoms with E-state index in [0.717, 1.165) is 6.54 Å². The molecule has 0 saturated carbocycles. The molecule has 1 heterocycles. The van der Waals surface area contributed by atoms with Crippen LogP contribution in [0.5, 0.6) is 0 Å². The van der Waals surface area contributed by atoms with Crippen molar-refractivity contribution in [2.75, 3.05) is 11.9 Å². The first-order valence-electron chi connectivity index (χ1n) is 6.67. The van der Waals surface area contributed by atoms with E-state index in [1.165, 1.54) is 0 Å². The van der Waals surface area contributed by atoms with E-state index in [0.29, 0.717) is 29.3 Å². The van der Waals surface area contributed by atoms with Crippen molar-refractivity contribution in [3.05, 3.63) is 15.8 Å². The van der Waals surface area contributed by atoms with Crippen LogP contribution in [0, 0.1) is 34.8 Å². The lowest BCUT2D eigenvalue weighted by Gasteiger charge is -2.25. The zero-order valence-corrected chi connectivity index (χ0v) is 12.6. The van der Waals surface area contributed by atoms with Crippen LogP contribution in [-0.4, -0.2) is 21.2 Å². The van der Waals surface area contributed by atoms with Crippen LogP contribution < -0.4 is 5.32 Å². The molecule has 0 unspecified atom stereocenters. The molecule has 1 N–H and O–H groups in total. The second-order valence-electron chi connectivity index (χ2n) is 5.70. The SMILES string of the molecule is Cc1nn(C)c(NCC(C(C)C)C(C)C)c1[N+](=O)[O-]. The Morgan fingerprint density at radius 2 is 1.84 bits per heavy atom. The molecule has 0 amide bonds. The van der Waals surface area contributed by atoms with E-state index in [1.807, 2.05) is 0 Å². The van der Waals surface area contributed by atoms with Crippen LogP contribution in [0.25, 0.3) is 0 Å². The van der Waals surface area contributed by atoms with Crippen molar-refractivity contribution in [2.45, 2.75) is 34.6 Å². The fourth-order valence-corrected chi connectivity index (χ4v) is 2.52. The molecule has 6 heteroatoms. The monoisotopic (exact) mass is 268 g/mol. The molecule has 0 saturated heterocycles. The van der Waals surface area contributed by atoms with Crippen molar-refractivity contribution in [2.24, 2.45) is 24.8 Å². The molecule has 0 aromatic carbocycles. The fourth-order valence-electron chi connectivity index (χ4n) is 2.52. The minimum Gasteiger partial charge on any atom is -0.364 e. The van der Waals surface area contributed by atoms with Crippen LogP contribution in [0.3, 0.4) is 0 Å². The van der Waals surface area contributed by atoms with Gasteiger partial charge in [0.1, 0.15) is 5.69 Å². The zero-order valence-electron chi connectivity index (χ0n) is 12.6. The largest absolute Gasteiger partial charge is 0.364 e. The van der Waals surface area contributed by atoms with Crippen LogP contribution in [0.4, 0.5) is 11.5 Å². The maximum atomic E-state index is 11.1. The molecule has 0 aliphatic rings. The Morgan fingerprint density at radius 1 is 1.32 bits per heavy atom. The van der Waals surface area contributed by atoms with Crippen LogP contribution >= 0.6 is 0 Å². The molecule has 19 heavy (non-hydrogen) atoms. The number of hydrogen-bond donors (Lipinski definition) is 1. The third-order valence-corrected chi connectivity index (χ3v) is 3.59. The standard InChI is InChI=1S/C13H24N4O2/c1-8(2)11(9(3)4)7-14-13-12(17(18)19)10(5)15-16(13)6/h8-9,11,14H,7H2,1-6H3. The predicted octanol–water partition coefficient (Wildman–Crippen LogP) is 2.98. The van der Waals surface area contributed by atoms with Crippen molar-refractivity contribution >= 4 is 11.5 Å². The van der Waals surface area contributed by atoms with E-state index < -0.39 is 0 Å². The van der Waals surface area contributed by atoms with Gasteiger partial charge in [0, 0.05) is 13.6 Å². The fraction of sp³-hybridized carbons (Fsp3) is 0.769. The number of aromatic nitrogens is 2. The summed E-state index contributed by atoms with van der Waals surface area (Å²) in [5.41, 5.74) is 0.523. The summed E-state index contributed by atoms with van der Waals surface area (Å²) in [6.45, 7) is 11.1. The topological polar surface area (TPSA) is 73.0 Å². The number of aryl methyl sites for hydroxylation is 2. The molecule has 0 atom stereocenters. The van der Waals surface area contributed by atoms with Gasteiger partial charge in [-0.3, -0.25) is 10.1 Å². The van der Waals surface area contributed by atoms with Crippen molar-refractivity contribution in [3.8, 4) is 0 Å². The van der Waals surface area contributed by atoms with E-state index in [2.05, 4.69) is 38.1 Å². The first kappa shape index (κ1) is 15.5. The molecule has 1 rings (SSSR count). The van der Waals surface area contributed by atoms with E-state index in [1.54, 1.807) is 18.7 Å². The van der Waals surface area contributed by atoms with E-state index >= 15 is 0 Å². The highest BCUT2D eigenvalue weighted by molar-refractivity contribution is 5.59. The van der Waals surface area contributed by atoms with Crippen LogP contribution in [0.1, 0.15) is 33.4 Å². The van der Waals surface area contributed by atoms with Gasteiger partial charge in [-0.25, -0.2) is 4.68 Å². The van der Waals surface area contributed by atoms with Crippen LogP contribution in [0.2, 0.25) is 0 Å². The molecule has 108 valence electrons. The molecular formula is C13H24N4O2. The van der Waals surface area contributed by atoms with Crippen LogP contribution in [-0.2, 0) is 7.05 Å². The van der Waals surface area contributed by atoms with Gasteiger partial charge in [0.05, 0.1) is 4.92 Å². The highest BCUT2D eigenvalue weighted by Crippen LogP contribution is 2.29. The highest BCUT2D eigenvalue weighted by atomic mass is 16.6. The van der Waals surface area contributed by atoms with Gasteiger partial charge in [-0.05, 0) is 24.7 Å². The number of hydrogen-bond acceptors (Lipinski definition) is 4. The Kier molecular flexibility index (Phi) is 4.91. The average Bonchev–Trinajstić information content (AvgIpc) is 2.52. The first-order chi connectivity index (χ1) is 8.75. The average molecular weight is 268 g/mol. The summed E-state index contributed by atoms with van der Waals surface area (Å²) in [6, 6.07) is 0. The Balaban J connectivity index is 2.91. The summed E-state index contributed by atoms with van der Waals surface area (Å²) >= 11 is 0. The van der Waals surface area contributed by atoms with Gasteiger partial charge >= 0.3 is 5.69 Å². The molecule has 1 aromatic rings. The molecule has 0 bridgehead atoms. The minimum absolute atomic E-state index is 0.0776. The molecule has 0 aliphatic carbocycles. The minimum atomic E-state index is -0.371. The van der Waals surface area contributed by atoms with Crippen molar-refractivity contribution in [3.63, 3.8) is 0 Å². The Labute approximate surface area is 114 Å². The quantitative estimate of drug-likeness (QED) is 0.636. The number of anilines is 1. The van der Waals surface area contributed by atoms with Crippen LogP contribution in [0.15, 0.2) is 0 Å². The van der Waals surface area contributed by atoms with Gasteiger partial charge in [0.15, 0.2) is 0 Å². The third kappa shape index (κ3) is 3.45. The molecule has 0 aliphatic heterocycles. The highest BCUT2D eigenvalue weighted by Gasteiger charge is 2.25. The zero-order chi connectivity index (χ0) is 14.7. The van der Waals surface area contributed by atoms with Gasteiger partial charge < -0.3 is 5.32 Å². The number of nitrogens with one attached hydrogen (secondary N) is 1. The molecule has 0 fully saturated rings. The summed E-state index contributed by atoms with van der Waals surface area (Å²) in [5, 5.41) is 18.4. The maximum absolute atomic E-state index is 11.1. The van der Waals surface area contributed by atoms with Crippen molar-refractivity contribution in [1.29, 1.82) is 0 Å². The molecule has 1 aromatic heterocycles. The van der Waals surface area contributed by atoms with Gasteiger partial charge in [-0.15, -0.1) is 0 Å². The normalized spacial score (nSPS) is 11.6. The first-order valence-corrected chi connectivity index (χ1v) is 6.67. The van der Waals surface area contributed by atoms with Gasteiger partial charge in [0.25, 0.3) is 0 Å². The summed E-state index contributed by atoms with van der Waals surface area (Å²) in [5.74, 6) is 2.02. The number of rotatable bonds is 6.